The molecule has 0 aliphatic heterocycles. The van der Waals surface area contributed by atoms with Crippen molar-refractivity contribution in [3.63, 3.8) is 0 Å². The van der Waals surface area contributed by atoms with Crippen LogP contribution in [0.25, 0.3) is 0 Å². The number of nitrogens with one attached hydrogen (secondary N) is 2. The minimum Gasteiger partial charge on any atom is -0.364 e. The molecule has 0 radical (unpaired) electrons. The molecular formula is C10H11N5O2. The van der Waals surface area contributed by atoms with Crippen molar-refractivity contribution in [2.24, 2.45) is 0 Å². The lowest BCUT2D eigenvalue weighted by Crippen LogP contribution is -2.03. The molecule has 0 aliphatic rings. The number of rotatable bonds is 4. The number of anilines is 1. The van der Waals surface area contributed by atoms with Crippen LogP contribution in [0.1, 0.15) is 11.3 Å². The van der Waals surface area contributed by atoms with Crippen LogP contribution >= 0.6 is 0 Å². The van der Waals surface area contributed by atoms with Gasteiger partial charge in [0.1, 0.15) is 5.82 Å². The molecule has 2 aromatic rings. The highest BCUT2D eigenvalue weighted by atomic mass is 16.6. The first-order chi connectivity index (χ1) is 8.16. The third-order valence-corrected chi connectivity index (χ3v) is 2.29. The predicted molar refractivity (Wildman–Crippen MR) is 61.5 cm³/mol. The van der Waals surface area contributed by atoms with Crippen LogP contribution in [-0.4, -0.2) is 20.1 Å². The molecule has 0 amide bonds. The summed E-state index contributed by atoms with van der Waals surface area (Å²) >= 11 is 0. The third-order valence-electron chi connectivity index (χ3n) is 2.29. The summed E-state index contributed by atoms with van der Waals surface area (Å²) in [5, 5.41) is 20.3. The highest BCUT2D eigenvalue weighted by Gasteiger charge is 2.11. The third kappa shape index (κ3) is 2.57. The van der Waals surface area contributed by atoms with Crippen molar-refractivity contribution in [2.75, 3.05) is 5.32 Å². The fourth-order valence-electron chi connectivity index (χ4n) is 1.38. The van der Waals surface area contributed by atoms with Crippen LogP contribution in [0.3, 0.4) is 0 Å². The van der Waals surface area contributed by atoms with E-state index in [1.54, 1.807) is 13.1 Å². The average molecular weight is 233 g/mol. The SMILES string of the molecule is Cc1cnc(NCc2ccn[nH]2)cc1[N+](=O)[O-]. The number of aryl methyl sites for hydroxylation is 1. The summed E-state index contributed by atoms with van der Waals surface area (Å²) < 4.78 is 0. The molecule has 88 valence electrons. The Balaban J connectivity index is 2.11. The van der Waals surface area contributed by atoms with Gasteiger partial charge in [-0.3, -0.25) is 15.2 Å². The normalized spacial score (nSPS) is 10.2. The van der Waals surface area contributed by atoms with Crippen LogP contribution < -0.4 is 5.32 Å². The summed E-state index contributed by atoms with van der Waals surface area (Å²) in [6, 6.07) is 3.24. The van der Waals surface area contributed by atoms with Gasteiger partial charge >= 0.3 is 0 Å². The summed E-state index contributed by atoms with van der Waals surface area (Å²) in [5.41, 5.74) is 1.49. The maximum absolute atomic E-state index is 10.7. The molecule has 0 spiro atoms. The van der Waals surface area contributed by atoms with Gasteiger partial charge in [-0.05, 0) is 13.0 Å². The van der Waals surface area contributed by atoms with Crippen molar-refractivity contribution < 1.29 is 4.92 Å². The maximum Gasteiger partial charge on any atom is 0.277 e. The number of nitro groups is 1. The second-order valence-corrected chi connectivity index (χ2v) is 3.55. The Bertz CT molecular complexity index is 523. The zero-order valence-corrected chi connectivity index (χ0v) is 9.17. The summed E-state index contributed by atoms with van der Waals surface area (Å²) in [6.45, 7) is 2.15. The second-order valence-electron chi connectivity index (χ2n) is 3.55. The van der Waals surface area contributed by atoms with Gasteiger partial charge < -0.3 is 5.32 Å². The van der Waals surface area contributed by atoms with Crippen LogP contribution in [0.5, 0.6) is 0 Å². The van der Waals surface area contributed by atoms with Crippen molar-refractivity contribution in [3.8, 4) is 0 Å². The van der Waals surface area contributed by atoms with Gasteiger partial charge in [0, 0.05) is 18.0 Å². The molecule has 0 fully saturated rings. The number of aromatic amines is 1. The fourth-order valence-corrected chi connectivity index (χ4v) is 1.38. The molecule has 0 unspecified atom stereocenters. The quantitative estimate of drug-likeness (QED) is 0.618. The Morgan fingerprint density at radius 2 is 2.41 bits per heavy atom. The number of hydrogen-bond donors (Lipinski definition) is 2. The van der Waals surface area contributed by atoms with Crippen molar-refractivity contribution in [1.29, 1.82) is 0 Å². The first kappa shape index (κ1) is 11.1. The zero-order chi connectivity index (χ0) is 12.3. The van der Waals surface area contributed by atoms with Crippen LogP contribution in [0.4, 0.5) is 11.5 Å². The van der Waals surface area contributed by atoms with E-state index < -0.39 is 4.92 Å². The molecule has 0 aromatic carbocycles. The number of nitrogens with zero attached hydrogens (tertiary/aromatic N) is 3. The van der Waals surface area contributed by atoms with Crippen LogP contribution in [0.2, 0.25) is 0 Å². The average Bonchev–Trinajstić information content (AvgIpc) is 2.80. The van der Waals surface area contributed by atoms with Gasteiger partial charge in [0.2, 0.25) is 0 Å². The summed E-state index contributed by atoms with van der Waals surface area (Å²) in [5.74, 6) is 0.469. The Hall–Kier alpha value is -2.44. The van der Waals surface area contributed by atoms with E-state index in [1.807, 2.05) is 6.07 Å². The van der Waals surface area contributed by atoms with Gasteiger partial charge in [-0.25, -0.2) is 4.98 Å². The summed E-state index contributed by atoms with van der Waals surface area (Å²) in [7, 11) is 0. The van der Waals surface area contributed by atoms with Gasteiger partial charge in [0.05, 0.1) is 23.2 Å². The zero-order valence-electron chi connectivity index (χ0n) is 9.17. The van der Waals surface area contributed by atoms with Gasteiger partial charge in [0.15, 0.2) is 0 Å². The van der Waals surface area contributed by atoms with Gasteiger partial charge in [-0.2, -0.15) is 5.10 Å². The molecule has 0 bridgehead atoms. The number of pyridine rings is 1. The molecule has 7 heteroatoms. The number of hydrogen-bond acceptors (Lipinski definition) is 5. The lowest BCUT2D eigenvalue weighted by atomic mass is 10.2. The van der Waals surface area contributed by atoms with Crippen LogP contribution in [0.15, 0.2) is 24.5 Å². The van der Waals surface area contributed by atoms with Crippen LogP contribution in [-0.2, 0) is 6.54 Å². The molecule has 2 aromatic heterocycles. The van der Waals surface area contributed by atoms with E-state index in [0.717, 1.165) is 5.69 Å². The predicted octanol–water partition coefficient (Wildman–Crippen LogP) is 1.63. The van der Waals surface area contributed by atoms with E-state index in [0.29, 0.717) is 17.9 Å². The highest BCUT2D eigenvalue weighted by Crippen LogP contribution is 2.19. The van der Waals surface area contributed by atoms with Crippen molar-refractivity contribution >= 4 is 11.5 Å². The lowest BCUT2D eigenvalue weighted by Gasteiger charge is -2.04. The Morgan fingerprint density at radius 3 is 3.06 bits per heavy atom. The van der Waals surface area contributed by atoms with E-state index in [2.05, 4.69) is 20.5 Å². The molecule has 0 saturated heterocycles. The van der Waals surface area contributed by atoms with Crippen molar-refractivity contribution in [1.82, 2.24) is 15.2 Å². The maximum atomic E-state index is 10.7. The molecule has 17 heavy (non-hydrogen) atoms. The largest absolute Gasteiger partial charge is 0.364 e. The molecule has 2 rings (SSSR count). The summed E-state index contributed by atoms with van der Waals surface area (Å²) in [4.78, 5) is 14.4. The second kappa shape index (κ2) is 4.60. The summed E-state index contributed by atoms with van der Waals surface area (Å²) in [6.07, 6.45) is 3.12. The smallest absolute Gasteiger partial charge is 0.277 e. The molecular weight excluding hydrogens is 222 g/mol. The molecule has 2 N–H and O–H groups in total. The van der Waals surface area contributed by atoms with Crippen molar-refractivity contribution in [2.45, 2.75) is 13.5 Å². The molecule has 7 nitrogen and oxygen atoms in total. The first-order valence-electron chi connectivity index (χ1n) is 5.00. The van der Waals surface area contributed by atoms with Gasteiger partial charge in [-0.1, -0.05) is 0 Å². The minimum atomic E-state index is -0.418. The van der Waals surface area contributed by atoms with Gasteiger partial charge in [0.25, 0.3) is 5.69 Å². The number of H-pyrrole nitrogens is 1. The molecule has 0 aliphatic carbocycles. The van der Waals surface area contributed by atoms with E-state index in [1.165, 1.54) is 12.3 Å². The Morgan fingerprint density at radius 1 is 1.59 bits per heavy atom. The molecule has 0 atom stereocenters. The molecule has 2 heterocycles. The monoisotopic (exact) mass is 233 g/mol. The Kier molecular flexibility index (Phi) is 2.99. The highest BCUT2D eigenvalue weighted by molar-refractivity contribution is 5.48. The lowest BCUT2D eigenvalue weighted by molar-refractivity contribution is -0.385. The Labute approximate surface area is 97.0 Å². The van der Waals surface area contributed by atoms with Crippen molar-refractivity contribution in [3.05, 3.63) is 45.9 Å². The fraction of sp³-hybridized carbons (Fsp3) is 0.200. The number of aromatic nitrogens is 3. The van der Waals surface area contributed by atoms with Gasteiger partial charge in [-0.15, -0.1) is 0 Å². The molecule has 0 saturated carbocycles. The van der Waals surface area contributed by atoms with E-state index in [9.17, 15) is 10.1 Å². The van der Waals surface area contributed by atoms with E-state index in [4.69, 9.17) is 0 Å². The van der Waals surface area contributed by atoms with Crippen LogP contribution in [0, 0.1) is 17.0 Å². The topological polar surface area (TPSA) is 96.7 Å². The van der Waals surface area contributed by atoms with E-state index >= 15 is 0 Å². The van der Waals surface area contributed by atoms with E-state index in [-0.39, 0.29) is 5.69 Å². The minimum absolute atomic E-state index is 0.0621. The first-order valence-corrected chi connectivity index (χ1v) is 5.00. The standard InChI is InChI=1S/C10H11N5O2/c1-7-5-11-10(4-9(7)15(16)17)12-6-8-2-3-13-14-8/h2-5H,6H2,1H3,(H,11,12)(H,13,14).